The van der Waals surface area contributed by atoms with Crippen LogP contribution in [0, 0.1) is 17.5 Å². The van der Waals surface area contributed by atoms with E-state index in [0.717, 1.165) is 6.07 Å². The van der Waals surface area contributed by atoms with E-state index in [2.05, 4.69) is 5.32 Å². The minimum absolute atomic E-state index is 0.133. The molecule has 2 nitrogen and oxygen atoms in total. The highest BCUT2D eigenvalue weighted by molar-refractivity contribution is 6.30. The first-order chi connectivity index (χ1) is 9.51. The lowest BCUT2D eigenvalue weighted by Gasteiger charge is -2.12. The molecule has 0 radical (unpaired) electrons. The molecule has 0 aliphatic heterocycles. The molecule has 6 heteroatoms. The molecule has 2 aromatic rings. The topological polar surface area (TPSA) is 21.3 Å². The molecule has 0 saturated carbocycles. The first-order valence-electron chi connectivity index (χ1n) is 5.72. The fourth-order valence-corrected chi connectivity index (χ4v) is 1.93. The summed E-state index contributed by atoms with van der Waals surface area (Å²) in [5, 5.41) is 3.17. The van der Waals surface area contributed by atoms with Crippen molar-refractivity contribution < 1.29 is 17.9 Å². The second kappa shape index (κ2) is 6.05. The van der Waals surface area contributed by atoms with E-state index in [9.17, 15) is 13.2 Å². The Hall–Kier alpha value is -1.88. The Morgan fingerprint density at radius 3 is 2.45 bits per heavy atom. The van der Waals surface area contributed by atoms with Crippen molar-refractivity contribution in [1.82, 2.24) is 0 Å². The molecule has 0 spiro atoms. The molecule has 0 bridgehead atoms. The zero-order valence-corrected chi connectivity index (χ0v) is 11.3. The van der Waals surface area contributed by atoms with Crippen LogP contribution in [0.15, 0.2) is 30.3 Å². The van der Waals surface area contributed by atoms with E-state index in [0.29, 0.717) is 22.4 Å². The molecule has 0 aromatic heterocycles. The summed E-state index contributed by atoms with van der Waals surface area (Å²) in [5.41, 5.74) is 0.537. The van der Waals surface area contributed by atoms with E-state index in [4.69, 9.17) is 16.3 Å². The average molecular weight is 302 g/mol. The third-order valence-electron chi connectivity index (χ3n) is 2.72. The fraction of sp³-hybridized carbons (Fsp3) is 0.143. The normalized spacial score (nSPS) is 10.4. The van der Waals surface area contributed by atoms with Crippen LogP contribution in [0.5, 0.6) is 5.75 Å². The molecule has 0 atom stereocenters. The first kappa shape index (κ1) is 14.5. The molecule has 20 heavy (non-hydrogen) atoms. The number of rotatable bonds is 4. The van der Waals surface area contributed by atoms with Gasteiger partial charge in [-0.25, -0.2) is 13.2 Å². The molecule has 0 aliphatic rings. The van der Waals surface area contributed by atoms with Crippen molar-refractivity contribution in [3.05, 3.63) is 58.4 Å². The van der Waals surface area contributed by atoms with Crippen LogP contribution in [-0.4, -0.2) is 7.11 Å². The maximum Gasteiger partial charge on any atom is 0.161 e. The van der Waals surface area contributed by atoms with Crippen LogP contribution in [0.2, 0.25) is 5.02 Å². The Morgan fingerprint density at radius 2 is 1.75 bits per heavy atom. The van der Waals surface area contributed by atoms with Gasteiger partial charge >= 0.3 is 0 Å². The van der Waals surface area contributed by atoms with Crippen LogP contribution in [0.25, 0.3) is 0 Å². The van der Waals surface area contributed by atoms with Crippen LogP contribution >= 0.6 is 11.6 Å². The molecular weight excluding hydrogens is 291 g/mol. The average Bonchev–Trinajstić information content (AvgIpc) is 2.41. The Balaban J connectivity index is 2.21. The van der Waals surface area contributed by atoms with Crippen molar-refractivity contribution in [1.29, 1.82) is 0 Å². The minimum atomic E-state index is -1.23. The Morgan fingerprint density at radius 1 is 1.05 bits per heavy atom. The van der Waals surface area contributed by atoms with Crippen LogP contribution < -0.4 is 10.1 Å². The maximum absolute atomic E-state index is 13.5. The Labute approximate surface area is 119 Å². The third kappa shape index (κ3) is 3.17. The minimum Gasteiger partial charge on any atom is -0.496 e. The smallest absolute Gasteiger partial charge is 0.161 e. The number of hydrogen-bond acceptors (Lipinski definition) is 2. The van der Waals surface area contributed by atoms with Crippen molar-refractivity contribution in [3.8, 4) is 5.75 Å². The standard InChI is InChI=1S/C14H11ClF3NO/c1-20-14-3-2-9(15)4-8(14)7-19-13-6-11(17)10(16)5-12(13)18/h2-6,19H,7H2,1H3. The van der Waals surface area contributed by atoms with Crippen molar-refractivity contribution in [3.63, 3.8) is 0 Å². The second-order valence-electron chi connectivity index (χ2n) is 4.06. The lowest BCUT2D eigenvalue weighted by molar-refractivity contribution is 0.410. The van der Waals surface area contributed by atoms with Gasteiger partial charge in [0.2, 0.25) is 0 Å². The van der Waals surface area contributed by atoms with Gasteiger partial charge in [-0.3, -0.25) is 0 Å². The van der Waals surface area contributed by atoms with Crippen LogP contribution in [-0.2, 0) is 6.54 Å². The first-order valence-corrected chi connectivity index (χ1v) is 6.10. The van der Waals surface area contributed by atoms with Crippen molar-refractivity contribution in [2.45, 2.75) is 6.54 Å². The second-order valence-corrected chi connectivity index (χ2v) is 4.49. The molecule has 0 aliphatic carbocycles. The summed E-state index contributed by atoms with van der Waals surface area (Å²) in [6, 6.07) is 6.22. The van der Waals surface area contributed by atoms with Gasteiger partial charge < -0.3 is 10.1 Å². The molecular formula is C14H11ClF3NO. The number of nitrogens with one attached hydrogen (secondary N) is 1. The number of hydrogen-bond donors (Lipinski definition) is 1. The van der Waals surface area contributed by atoms with E-state index in [1.807, 2.05) is 0 Å². The molecule has 0 saturated heterocycles. The van der Waals surface area contributed by atoms with Gasteiger partial charge in [0.15, 0.2) is 11.6 Å². The Bertz CT molecular complexity index is 634. The van der Waals surface area contributed by atoms with Crippen molar-refractivity contribution in [2.75, 3.05) is 12.4 Å². The number of anilines is 1. The number of benzene rings is 2. The summed E-state index contributed by atoms with van der Waals surface area (Å²) in [6.45, 7) is 0.158. The zero-order chi connectivity index (χ0) is 14.7. The van der Waals surface area contributed by atoms with E-state index < -0.39 is 17.5 Å². The van der Waals surface area contributed by atoms with Crippen molar-refractivity contribution in [2.24, 2.45) is 0 Å². The van der Waals surface area contributed by atoms with E-state index in [-0.39, 0.29) is 12.2 Å². The molecule has 0 unspecified atom stereocenters. The largest absolute Gasteiger partial charge is 0.496 e. The van der Waals surface area contributed by atoms with Gasteiger partial charge in [-0.2, -0.15) is 0 Å². The van der Waals surface area contributed by atoms with Gasteiger partial charge in [-0.1, -0.05) is 11.6 Å². The van der Waals surface area contributed by atoms with E-state index in [1.165, 1.54) is 7.11 Å². The van der Waals surface area contributed by atoms with Gasteiger partial charge in [0, 0.05) is 29.3 Å². The molecule has 2 rings (SSSR count). The highest BCUT2D eigenvalue weighted by Crippen LogP contribution is 2.25. The van der Waals surface area contributed by atoms with E-state index >= 15 is 0 Å². The van der Waals surface area contributed by atoms with Gasteiger partial charge in [0.05, 0.1) is 12.8 Å². The maximum atomic E-state index is 13.5. The molecule has 2 aromatic carbocycles. The summed E-state index contributed by atoms with van der Waals surface area (Å²) in [7, 11) is 1.49. The third-order valence-corrected chi connectivity index (χ3v) is 2.96. The predicted octanol–water partition coefficient (Wildman–Crippen LogP) is 4.38. The molecule has 0 amide bonds. The lowest BCUT2D eigenvalue weighted by atomic mass is 10.2. The lowest BCUT2D eigenvalue weighted by Crippen LogP contribution is -2.04. The number of ether oxygens (including phenoxy) is 1. The zero-order valence-electron chi connectivity index (χ0n) is 10.5. The Kier molecular flexibility index (Phi) is 4.39. The van der Waals surface area contributed by atoms with Crippen LogP contribution in [0.1, 0.15) is 5.56 Å². The monoisotopic (exact) mass is 301 g/mol. The van der Waals surface area contributed by atoms with Crippen LogP contribution in [0.3, 0.4) is 0 Å². The number of halogens is 4. The van der Waals surface area contributed by atoms with E-state index in [1.54, 1.807) is 18.2 Å². The summed E-state index contributed by atoms with van der Waals surface area (Å²) in [5.74, 6) is -2.66. The van der Waals surface area contributed by atoms with Gasteiger partial charge in [0.25, 0.3) is 0 Å². The molecule has 0 fully saturated rings. The highest BCUT2D eigenvalue weighted by atomic mass is 35.5. The number of methoxy groups -OCH3 is 1. The van der Waals surface area contributed by atoms with Gasteiger partial charge in [-0.15, -0.1) is 0 Å². The quantitative estimate of drug-likeness (QED) is 0.846. The predicted molar refractivity (Wildman–Crippen MR) is 71.6 cm³/mol. The molecule has 0 heterocycles. The van der Waals surface area contributed by atoms with Gasteiger partial charge in [-0.05, 0) is 18.2 Å². The molecule has 1 N–H and O–H groups in total. The summed E-state index contributed by atoms with van der Waals surface area (Å²) >= 11 is 5.87. The highest BCUT2D eigenvalue weighted by Gasteiger charge is 2.10. The van der Waals surface area contributed by atoms with Crippen LogP contribution in [0.4, 0.5) is 18.9 Å². The van der Waals surface area contributed by atoms with Crippen molar-refractivity contribution >= 4 is 17.3 Å². The van der Waals surface area contributed by atoms with Gasteiger partial charge in [0.1, 0.15) is 11.6 Å². The summed E-state index contributed by atoms with van der Waals surface area (Å²) < 4.78 is 44.5. The molecule has 106 valence electrons. The SMILES string of the molecule is COc1ccc(Cl)cc1CNc1cc(F)c(F)cc1F. The summed E-state index contributed by atoms with van der Waals surface area (Å²) in [4.78, 5) is 0. The summed E-state index contributed by atoms with van der Waals surface area (Å²) in [6.07, 6.45) is 0. The fourth-order valence-electron chi connectivity index (χ4n) is 1.73.